The van der Waals surface area contributed by atoms with Gasteiger partial charge in [-0.1, -0.05) is 36.4 Å². The first-order valence-electron chi connectivity index (χ1n) is 10.5. The van der Waals surface area contributed by atoms with Crippen molar-refractivity contribution < 1.29 is 14.5 Å². The summed E-state index contributed by atoms with van der Waals surface area (Å²) in [4.78, 5) is 28.2. The van der Waals surface area contributed by atoms with Gasteiger partial charge in [0.15, 0.2) is 6.23 Å². The molecule has 1 fully saturated rings. The van der Waals surface area contributed by atoms with Crippen molar-refractivity contribution in [2.75, 3.05) is 36.0 Å². The van der Waals surface area contributed by atoms with Crippen LogP contribution in [0, 0.1) is 10.1 Å². The van der Waals surface area contributed by atoms with Crippen molar-refractivity contribution in [3.63, 3.8) is 0 Å². The molecule has 0 aromatic heterocycles. The number of piperazine rings is 1. The van der Waals surface area contributed by atoms with Crippen molar-refractivity contribution in [3.8, 4) is 5.75 Å². The molecule has 2 aliphatic rings. The van der Waals surface area contributed by atoms with E-state index in [1.54, 1.807) is 36.4 Å². The SMILES string of the molecule is O=C1N[C@H](c2ccc(N3CCN(c4ccccc4)CC3)c([N+](=O)[O-])c2)Oc2ccccc21. The minimum Gasteiger partial charge on any atom is -0.466 e. The standard InChI is InChI=1S/C24H22N4O4/c29-23-19-8-4-5-9-22(19)32-24(25-23)17-10-11-20(21(16-17)28(30)31)27-14-12-26(13-15-27)18-6-2-1-3-7-18/h1-11,16,24H,12-15H2,(H,25,29)/t24-/m0/s1. The van der Waals surface area contributed by atoms with Crippen LogP contribution in [-0.2, 0) is 0 Å². The van der Waals surface area contributed by atoms with Crippen molar-refractivity contribution in [1.29, 1.82) is 0 Å². The van der Waals surface area contributed by atoms with Gasteiger partial charge in [-0.2, -0.15) is 0 Å². The van der Waals surface area contributed by atoms with E-state index in [2.05, 4.69) is 22.3 Å². The van der Waals surface area contributed by atoms with E-state index >= 15 is 0 Å². The Morgan fingerprint density at radius 1 is 0.906 bits per heavy atom. The number of para-hydroxylation sites is 2. The molecule has 0 spiro atoms. The molecule has 1 atom stereocenters. The lowest BCUT2D eigenvalue weighted by Crippen LogP contribution is -2.46. The summed E-state index contributed by atoms with van der Waals surface area (Å²) in [6, 6.07) is 22.1. The molecule has 1 N–H and O–H groups in total. The topological polar surface area (TPSA) is 88.0 Å². The van der Waals surface area contributed by atoms with Crippen molar-refractivity contribution in [2.45, 2.75) is 6.23 Å². The number of nitrogens with one attached hydrogen (secondary N) is 1. The molecule has 0 radical (unpaired) electrons. The zero-order valence-corrected chi connectivity index (χ0v) is 17.3. The van der Waals surface area contributed by atoms with E-state index in [4.69, 9.17) is 4.74 Å². The first-order chi connectivity index (χ1) is 15.6. The Kier molecular flexibility index (Phi) is 5.10. The fraction of sp³-hybridized carbons (Fsp3) is 0.208. The monoisotopic (exact) mass is 430 g/mol. The Bertz CT molecular complexity index is 1160. The van der Waals surface area contributed by atoms with Crippen LogP contribution in [0.2, 0.25) is 0 Å². The quantitative estimate of drug-likeness (QED) is 0.501. The van der Waals surface area contributed by atoms with Crippen LogP contribution in [0.5, 0.6) is 5.75 Å². The highest BCUT2D eigenvalue weighted by molar-refractivity contribution is 5.98. The first-order valence-corrected chi connectivity index (χ1v) is 10.5. The number of rotatable bonds is 4. The summed E-state index contributed by atoms with van der Waals surface area (Å²) in [5.74, 6) is 0.200. The van der Waals surface area contributed by atoms with E-state index < -0.39 is 6.23 Å². The summed E-state index contributed by atoms with van der Waals surface area (Å²) in [6.07, 6.45) is -0.778. The molecule has 8 heteroatoms. The predicted octanol–water partition coefficient (Wildman–Crippen LogP) is 3.74. The predicted molar refractivity (Wildman–Crippen MR) is 121 cm³/mol. The van der Waals surface area contributed by atoms with Gasteiger partial charge in [-0.05, 0) is 30.3 Å². The number of amides is 1. The summed E-state index contributed by atoms with van der Waals surface area (Å²) >= 11 is 0. The Balaban J connectivity index is 1.36. The van der Waals surface area contributed by atoms with Gasteiger partial charge >= 0.3 is 0 Å². The highest BCUT2D eigenvalue weighted by atomic mass is 16.6. The fourth-order valence-electron chi connectivity index (χ4n) is 4.22. The van der Waals surface area contributed by atoms with Crippen molar-refractivity contribution in [2.24, 2.45) is 0 Å². The molecule has 8 nitrogen and oxygen atoms in total. The third-order valence-corrected chi connectivity index (χ3v) is 5.88. The van der Waals surface area contributed by atoms with Gasteiger partial charge < -0.3 is 19.9 Å². The maximum absolute atomic E-state index is 12.4. The molecule has 5 rings (SSSR count). The zero-order valence-electron chi connectivity index (χ0n) is 17.3. The summed E-state index contributed by atoms with van der Waals surface area (Å²) in [6.45, 7) is 2.92. The molecule has 0 saturated carbocycles. The molecule has 2 aliphatic heterocycles. The average Bonchev–Trinajstić information content (AvgIpc) is 2.84. The number of nitro benzene ring substituents is 1. The maximum Gasteiger partial charge on any atom is 0.293 e. The lowest BCUT2D eigenvalue weighted by atomic mass is 10.1. The lowest BCUT2D eigenvalue weighted by molar-refractivity contribution is -0.384. The molecule has 162 valence electrons. The number of hydrogen-bond acceptors (Lipinski definition) is 6. The van der Waals surface area contributed by atoms with E-state index in [0.29, 0.717) is 35.7 Å². The summed E-state index contributed by atoms with van der Waals surface area (Å²) in [5.41, 5.74) is 2.72. The third kappa shape index (κ3) is 3.71. The number of carbonyl (C=O) groups excluding carboxylic acids is 1. The lowest BCUT2D eigenvalue weighted by Gasteiger charge is -2.37. The Labute approximate surface area is 185 Å². The van der Waals surface area contributed by atoms with Crippen LogP contribution < -0.4 is 19.9 Å². The van der Waals surface area contributed by atoms with Gasteiger partial charge in [0.1, 0.15) is 11.4 Å². The first kappa shape index (κ1) is 19.9. The molecular formula is C24H22N4O4. The highest BCUT2D eigenvalue weighted by Crippen LogP contribution is 2.35. The van der Waals surface area contributed by atoms with Crippen LogP contribution >= 0.6 is 0 Å². The second-order valence-electron chi connectivity index (χ2n) is 7.78. The van der Waals surface area contributed by atoms with Crippen molar-refractivity contribution >= 4 is 23.0 Å². The number of nitrogens with zero attached hydrogens (tertiary/aromatic N) is 3. The van der Waals surface area contributed by atoms with Gasteiger partial charge in [0.25, 0.3) is 11.6 Å². The van der Waals surface area contributed by atoms with Crippen molar-refractivity contribution in [3.05, 3.63) is 94.0 Å². The van der Waals surface area contributed by atoms with Crippen molar-refractivity contribution in [1.82, 2.24) is 5.32 Å². The number of benzene rings is 3. The summed E-state index contributed by atoms with van der Waals surface area (Å²) in [7, 11) is 0. The van der Waals surface area contributed by atoms with E-state index in [0.717, 1.165) is 18.8 Å². The van der Waals surface area contributed by atoms with Gasteiger partial charge in [-0.15, -0.1) is 0 Å². The molecular weight excluding hydrogens is 408 g/mol. The third-order valence-electron chi connectivity index (χ3n) is 5.88. The molecule has 1 amide bonds. The van der Waals surface area contributed by atoms with Crippen LogP contribution in [-0.4, -0.2) is 37.0 Å². The van der Waals surface area contributed by atoms with Crippen LogP contribution in [0.25, 0.3) is 0 Å². The Morgan fingerprint density at radius 2 is 1.59 bits per heavy atom. The minimum absolute atomic E-state index is 0.00682. The number of carbonyl (C=O) groups is 1. The molecule has 2 heterocycles. The second-order valence-corrected chi connectivity index (χ2v) is 7.78. The van der Waals surface area contributed by atoms with E-state index in [1.807, 2.05) is 23.1 Å². The van der Waals surface area contributed by atoms with Gasteiger partial charge in [0.05, 0.1) is 10.5 Å². The van der Waals surface area contributed by atoms with Crippen LogP contribution in [0.3, 0.4) is 0 Å². The molecule has 0 aliphatic carbocycles. The summed E-state index contributed by atoms with van der Waals surface area (Å²) < 4.78 is 5.90. The molecule has 0 unspecified atom stereocenters. The minimum atomic E-state index is -0.778. The Hall–Kier alpha value is -4.07. The van der Waals surface area contributed by atoms with E-state index in [-0.39, 0.29) is 16.5 Å². The molecule has 0 bridgehead atoms. The highest BCUT2D eigenvalue weighted by Gasteiger charge is 2.30. The number of fused-ring (bicyclic) bond motifs is 1. The zero-order chi connectivity index (χ0) is 22.1. The molecule has 3 aromatic carbocycles. The van der Waals surface area contributed by atoms with E-state index in [9.17, 15) is 14.9 Å². The van der Waals surface area contributed by atoms with Crippen LogP contribution in [0.1, 0.15) is 22.1 Å². The van der Waals surface area contributed by atoms with Crippen LogP contribution in [0.4, 0.5) is 17.1 Å². The number of ether oxygens (including phenoxy) is 1. The fourth-order valence-corrected chi connectivity index (χ4v) is 4.22. The maximum atomic E-state index is 12.4. The second kappa shape index (κ2) is 8.22. The molecule has 3 aromatic rings. The summed E-state index contributed by atoms with van der Waals surface area (Å²) in [5, 5.41) is 14.7. The Morgan fingerprint density at radius 3 is 2.34 bits per heavy atom. The number of hydrogen-bond donors (Lipinski definition) is 1. The van der Waals surface area contributed by atoms with E-state index in [1.165, 1.54) is 6.07 Å². The van der Waals surface area contributed by atoms with Gasteiger partial charge in [0.2, 0.25) is 0 Å². The smallest absolute Gasteiger partial charge is 0.293 e. The number of anilines is 2. The van der Waals surface area contributed by atoms with Crippen LogP contribution in [0.15, 0.2) is 72.8 Å². The molecule has 1 saturated heterocycles. The van der Waals surface area contributed by atoms with Gasteiger partial charge in [0, 0.05) is 43.5 Å². The largest absolute Gasteiger partial charge is 0.466 e. The van der Waals surface area contributed by atoms with Gasteiger partial charge in [-0.3, -0.25) is 14.9 Å². The normalized spacial score (nSPS) is 17.9. The molecule has 32 heavy (non-hydrogen) atoms. The van der Waals surface area contributed by atoms with Gasteiger partial charge in [-0.25, -0.2) is 0 Å². The number of nitro groups is 1. The average molecular weight is 430 g/mol.